The minimum atomic E-state index is -0.352. The van der Waals surface area contributed by atoms with Gasteiger partial charge >= 0.3 is 0 Å². The molecule has 0 unspecified atom stereocenters. The van der Waals surface area contributed by atoms with Crippen molar-refractivity contribution >= 4 is 23.1 Å². The number of rotatable bonds is 6. The van der Waals surface area contributed by atoms with Gasteiger partial charge in [0.1, 0.15) is 11.4 Å². The van der Waals surface area contributed by atoms with Crippen LogP contribution in [0.2, 0.25) is 0 Å². The zero-order valence-electron chi connectivity index (χ0n) is 18.7. The molecule has 3 aromatic carbocycles. The first-order valence-electron chi connectivity index (χ1n) is 10.5. The Hall–Kier alpha value is -3.86. The zero-order valence-corrected chi connectivity index (χ0v) is 18.7. The Morgan fingerprint density at radius 1 is 0.844 bits per heavy atom. The SMILES string of the molecule is COc1ccccc1CN1C(=O)C(Nc2ccc(C)c(C)c2)=C(c2ccc(C)cc2)C1=O. The standard InChI is InChI=1S/C27H26N2O3/c1-17-9-12-20(13-10-17)24-25(28-22-14-11-18(2)19(3)15-22)27(31)29(26(24)30)16-21-7-5-6-8-23(21)32-4/h5-15,28H,16H2,1-4H3. The molecule has 0 aliphatic carbocycles. The molecule has 0 atom stereocenters. The highest BCUT2D eigenvalue weighted by Gasteiger charge is 2.39. The molecule has 4 rings (SSSR count). The molecule has 5 nitrogen and oxygen atoms in total. The van der Waals surface area contributed by atoms with Crippen LogP contribution >= 0.6 is 0 Å². The summed E-state index contributed by atoms with van der Waals surface area (Å²) >= 11 is 0. The number of carbonyl (C=O) groups is 2. The summed E-state index contributed by atoms with van der Waals surface area (Å²) in [6, 6.07) is 20.9. The number of carbonyl (C=O) groups excluding carboxylic acids is 2. The van der Waals surface area contributed by atoms with E-state index in [-0.39, 0.29) is 24.1 Å². The van der Waals surface area contributed by atoms with Crippen LogP contribution in [0.25, 0.3) is 5.57 Å². The third kappa shape index (κ3) is 4.02. The molecule has 0 bridgehead atoms. The molecule has 1 aliphatic heterocycles. The number of hydrogen-bond acceptors (Lipinski definition) is 4. The van der Waals surface area contributed by atoms with Gasteiger partial charge in [0.15, 0.2) is 0 Å². The van der Waals surface area contributed by atoms with Crippen molar-refractivity contribution in [2.75, 3.05) is 12.4 Å². The van der Waals surface area contributed by atoms with Gasteiger partial charge in [-0.15, -0.1) is 0 Å². The van der Waals surface area contributed by atoms with E-state index in [4.69, 9.17) is 4.74 Å². The van der Waals surface area contributed by atoms with E-state index in [0.29, 0.717) is 16.9 Å². The monoisotopic (exact) mass is 426 g/mol. The molecule has 0 aromatic heterocycles. The molecule has 1 aliphatic rings. The molecule has 5 heteroatoms. The summed E-state index contributed by atoms with van der Waals surface area (Å²) in [5.41, 5.74) is 6.27. The number of anilines is 1. The lowest BCUT2D eigenvalue weighted by molar-refractivity contribution is -0.137. The molecule has 0 radical (unpaired) electrons. The van der Waals surface area contributed by atoms with Crippen LogP contribution in [0.5, 0.6) is 5.75 Å². The van der Waals surface area contributed by atoms with E-state index in [0.717, 1.165) is 27.9 Å². The summed E-state index contributed by atoms with van der Waals surface area (Å²) in [7, 11) is 1.58. The third-order valence-electron chi connectivity index (χ3n) is 5.81. The summed E-state index contributed by atoms with van der Waals surface area (Å²) in [6.45, 7) is 6.18. The molecular weight excluding hydrogens is 400 g/mol. The normalized spacial score (nSPS) is 13.7. The lowest BCUT2D eigenvalue weighted by Gasteiger charge is -2.17. The maximum atomic E-state index is 13.5. The minimum absolute atomic E-state index is 0.134. The number of nitrogens with one attached hydrogen (secondary N) is 1. The molecule has 1 heterocycles. The molecule has 0 spiro atoms. The van der Waals surface area contributed by atoms with Crippen molar-refractivity contribution in [2.24, 2.45) is 0 Å². The summed E-state index contributed by atoms with van der Waals surface area (Å²) in [5, 5.41) is 3.23. The van der Waals surface area contributed by atoms with Crippen molar-refractivity contribution in [1.29, 1.82) is 0 Å². The molecular formula is C27H26N2O3. The van der Waals surface area contributed by atoms with E-state index in [1.54, 1.807) is 7.11 Å². The highest BCUT2D eigenvalue weighted by molar-refractivity contribution is 6.36. The summed E-state index contributed by atoms with van der Waals surface area (Å²) < 4.78 is 5.42. The maximum absolute atomic E-state index is 13.5. The number of ether oxygens (including phenoxy) is 1. The number of nitrogens with zero attached hydrogens (tertiary/aromatic N) is 1. The molecule has 0 fully saturated rings. The predicted octanol–water partition coefficient (Wildman–Crippen LogP) is 5.01. The molecule has 2 amide bonds. The summed E-state index contributed by atoms with van der Waals surface area (Å²) in [6.07, 6.45) is 0. The minimum Gasteiger partial charge on any atom is -0.496 e. The van der Waals surface area contributed by atoms with Gasteiger partial charge in [-0.25, -0.2) is 0 Å². The van der Waals surface area contributed by atoms with Crippen molar-refractivity contribution in [1.82, 2.24) is 4.90 Å². The number of aryl methyl sites for hydroxylation is 3. The van der Waals surface area contributed by atoms with Gasteiger partial charge < -0.3 is 10.1 Å². The molecule has 162 valence electrons. The van der Waals surface area contributed by atoms with Crippen LogP contribution in [0.4, 0.5) is 5.69 Å². The van der Waals surface area contributed by atoms with Crippen LogP contribution in [0, 0.1) is 20.8 Å². The molecule has 0 saturated carbocycles. The summed E-state index contributed by atoms with van der Waals surface area (Å²) in [5.74, 6) is -0.0358. The maximum Gasteiger partial charge on any atom is 0.278 e. The second kappa shape index (κ2) is 8.71. The van der Waals surface area contributed by atoms with Crippen molar-refractivity contribution < 1.29 is 14.3 Å². The van der Waals surface area contributed by atoms with Crippen LogP contribution in [0.15, 0.2) is 72.4 Å². The fraction of sp³-hybridized carbons (Fsp3) is 0.185. The lowest BCUT2D eigenvalue weighted by atomic mass is 10.0. The Labute approximate surface area is 188 Å². The second-order valence-electron chi connectivity index (χ2n) is 8.05. The first-order valence-corrected chi connectivity index (χ1v) is 10.5. The van der Waals surface area contributed by atoms with E-state index in [1.165, 1.54) is 4.90 Å². The fourth-order valence-corrected chi connectivity index (χ4v) is 3.79. The first-order chi connectivity index (χ1) is 15.4. The van der Waals surface area contributed by atoms with Gasteiger partial charge in [0.25, 0.3) is 11.8 Å². The van der Waals surface area contributed by atoms with Crippen LogP contribution in [-0.4, -0.2) is 23.8 Å². The Balaban J connectivity index is 1.75. The van der Waals surface area contributed by atoms with Crippen molar-refractivity contribution in [3.8, 4) is 5.75 Å². The number of amides is 2. The van der Waals surface area contributed by atoms with Crippen LogP contribution in [0.3, 0.4) is 0 Å². The Morgan fingerprint density at radius 2 is 1.56 bits per heavy atom. The third-order valence-corrected chi connectivity index (χ3v) is 5.81. The number of imide groups is 1. The predicted molar refractivity (Wildman–Crippen MR) is 126 cm³/mol. The van der Waals surface area contributed by atoms with Gasteiger partial charge in [-0.05, 0) is 55.7 Å². The molecule has 32 heavy (non-hydrogen) atoms. The second-order valence-corrected chi connectivity index (χ2v) is 8.05. The average Bonchev–Trinajstić information content (AvgIpc) is 3.01. The van der Waals surface area contributed by atoms with Crippen LogP contribution in [-0.2, 0) is 16.1 Å². The zero-order chi connectivity index (χ0) is 22.8. The van der Waals surface area contributed by atoms with Gasteiger partial charge in [-0.3, -0.25) is 14.5 Å². The smallest absolute Gasteiger partial charge is 0.278 e. The molecule has 1 N–H and O–H groups in total. The molecule has 3 aromatic rings. The topological polar surface area (TPSA) is 58.6 Å². The quantitative estimate of drug-likeness (QED) is 0.563. The number of methoxy groups -OCH3 is 1. The lowest BCUT2D eigenvalue weighted by Crippen LogP contribution is -2.32. The molecule has 0 saturated heterocycles. The van der Waals surface area contributed by atoms with Crippen molar-refractivity contribution in [3.63, 3.8) is 0 Å². The fourth-order valence-electron chi connectivity index (χ4n) is 3.79. The average molecular weight is 427 g/mol. The van der Waals surface area contributed by atoms with Crippen molar-refractivity contribution in [2.45, 2.75) is 27.3 Å². The van der Waals surface area contributed by atoms with E-state index in [1.807, 2.05) is 87.5 Å². The van der Waals surface area contributed by atoms with Gasteiger partial charge in [0, 0.05) is 11.3 Å². The van der Waals surface area contributed by atoms with E-state index in [9.17, 15) is 9.59 Å². The van der Waals surface area contributed by atoms with E-state index < -0.39 is 0 Å². The Bertz CT molecular complexity index is 1230. The van der Waals surface area contributed by atoms with Gasteiger partial charge in [0.2, 0.25) is 0 Å². The number of para-hydroxylation sites is 1. The van der Waals surface area contributed by atoms with Crippen LogP contribution in [0.1, 0.15) is 27.8 Å². The Kier molecular flexibility index (Phi) is 5.82. The largest absolute Gasteiger partial charge is 0.496 e. The van der Waals surface area contributed by atoms with Crippen molar-refractivity contribution in [3.05, 3.63) is 100 Å². The Morgan fingerprint density at radius 3 is 2.25 bits per heavy atom. The van der Waals surface area contributed by atoms with Crippen LogP contribution < -0.4 is 10.1 Å². The van der Waals surface area contributed by atoms with E-state index in [2.05, 4.69) is 5.32 Å². The van der Waals surface area contributed by atoms with Gasteiger partial charge in [-0.1, -0.05) is 54.1 Å². The highest BCUT2D eigenvalue weighted by atomic mass is 16.5. The van der Waals surface area contributed by atoms with Gasteiger partial charge in [0.05, 0.1) is 19.2 Å². The van der Waals surface area contributed by atoms with Gasteiger partial charge in [-0.2, -0.15) is 0 Å². The number of benzene rings is 3. The highest BCUT2D eigenvalue weighted by Crippen LogP contribution is 2.33. The first kappa shape index (κ1) is 21.4. The van der Waals surface area contributed by atoms with E-state index >= 15 is 0 Å². The number of hydrogen-bond donors (Lipinski definition) is 1. The summed E-state index contributed by atoms with van der Waals surface area (Å²) in [4.78, 5) is 28.2.